The Morgan fingerprint density at radius 2 is 1.91 bits per heavy atom. The predicted molar refractivity (Wildman–Crippen MR) is 126 cm³/mol. The van der Waals surface area contributed by atoms with Crippen molar-refractivity contribution in [1.29, 1.82) is 0 Å². The lowest BCUT2D eigenvalue weighted by molar-refractivity contribution is -0.129. The molecular formula is C24H42N4O4. The van der Waals surface area contributed by atoms with Gasteiger partial charge in [0.15, 0.2) is 5.78 Å². The quantitative estimate of drug-likeness (QED) is 0.220. The van der Waals surface area contributed by atoms with E-state index in [1.165, 1.54) is 6.92 Å². The highest BCUT2D eigenvalue weighted by atomic mass is 16.5. The minimum Gasteiger partial charge on any atom is -0.356 e. The molecule has 1 aliphatic carbocycles. The molecule has 0 spiro atoms. The molecule has 0 aromatic heterocycles. The Hall–Kier alpha value is -1.95. The topological polar surface area (TPSA) is 123 Å². The first kappa shape index (κ1) is 28.1. The van der Waals surface area contributed by atoms with E-state index in [4.69, 9.17) is 10.5 Å². The number of carbonyl (C=O) groups is 3. The summed E-state index contributed by atoms with van der Waals surface area (Å²) in [5.74, 6) is 5.76. The summed E-state index contributed by atoms with van der Waals surface area (Å²) < 4.78 is 5.63. The number of carbonyl (C=O) groups excluding carboxylic acids is 3. The van der Waals surface area contributed by atoms with E-state index in [-0.39, 0.29) is 36.2 Å². The molecule has 0 saturated heterocycles. The van der Waals surface area contributed by atoms with Gasteiger partial charge in [-0.2, -0.15) is 0 Å². The molecule has 1 rings (SSSR count). The van der Waals surface area contributed by atoms with E-state index in [9.17, 15) is 14.4 Å². The Labute approximate surface area is 193 Å². The summed E-state index contributed by atoms with van der Waals surface area (Å²) in [6.45, 7) is 6.74. The summed E-state index contributed by atoms with van der Waals surface area (Å²) in [5.41, 5.74) is 5.51. The zero-order chi connectivity index (χ0) is 23.8. The number of amides is 2. The summed E-state index contributed by atoms with van der Waals surface area (Å²) in [5, 5.41) is 8.85. The van der Waals surface area contributed by atoms with Gasteiger partial charge in [0.05, 0.1) is 12.1 Å². The fourth-order valence-corrected chi connectivity index (χ4v) is 3.52. The zero-order valence-electron chi connectivity index (χ0n) is 20.0. The van der Waals surface area contributed by atoms with Crippen LogP contribution in [-0.4, -0.2) is 62.0 Å². The molecule has 1 aliphatic rings. The number of Topliss-reactive ketones (excluding diaryl/α,β-unsaturated/α-hetero) is 1. The second-order valence-electron chi connectivity index (χ2n) is 8.70. The van der Waals surface area contributed by atoms with Gasteiger partial charge in [-0.05, 0) is 57.9 Å². The molecule has 0 bridgehead atoms. The highest BCUT2D eigenvalue weighted by Crippen LogP contribution is 2.10. The smallest absolute Gasteiger partial charge is 0.246 e. The molecule has 32 heavy (non-hydrogen) atoms. The zero-order valence-corrected chi connectivity index (χ0v) is 20.0. The van der Waals surface area contributed by atoms with Crippen LogP contribution in [0.15, 0.2) is 0 Å². The third-order valence-electron chi connectivity index (χ3n) is 5.46. The Kier molecular flexibility index (Phi) is 14.6. The molecular weight excluding hydrogens is 408 g/mol. The molecule has 0 radical (unpaired) electrons. The SMILES string of the molecule is CC(=O)[C@H](CCCCN)NC(=O)[C@@H](NCCNC(=O)COC1C#CCCCCC1)C(C)C. The summed E-state index contributed by atoms with van der Waals surface area (Å²) in [6, 6.07) is -0.949. The van der Waals surface area contributed by atoms with Crippen LogP contribution in [0.2, 0.25) is 0 Å². The number of hydrogen-bond acceptors (Lipinski definition) is 6. The molecule has 0 heterocycles. The lowest BCUT2D eigenvalue weighted by Gasteiger charge is -2.25. The van der Waals surface area contributed by atoms with Crippen molar-refractivity contribution in [2.24, 2.45) is 11.7 Å². The van der Waals surface area contributed by atoms with Crippen LogP contribution in [0.3, 0.4) is 0 Å². The van der Waals surface area contributed by atoms with Gasteiger partial charge < -0.3 is 26.4 Å². The van der Waals surface area contributed by atoms with Crippen LogP contribution in [0.25, 0.3) is 0 Å². The Morgan fingerprint density at radius 3 is 2.59 bits per heavy atom. The molecule has 0 saturated carbocycles. The van der Waals surface area contributed by atoms with Gasteiger partial charge in [0.1, 0.15) is 12.7 Å². The van der Waals surface area contributed by atoms with Crippen molar-refractivity contribution in [1.82, 2.24) is 16.0 Å². The van der Waals surface area contributed by atoms with Crippen LogP contribution >= 0.6 is 0 Å². The van der Waals surface area contributed by atoms with Gasteiger partial charge in [0.2, 0.25) is 11.8 Å². The van der Waals surface area contributed by atoms with Crippen LogP contribution in [-0.2, 0) is 19.1 Å². The summed E-state index contributed by atoms with van der Waals surface area (Å²) in [4.78, 5) is 36.7. The molecule has 8 nitrogen and oxygen atoms in total. The van der Waals surface area contributed by atoms with Gasteiger partial charge >= 0.3 is 0 Å². The lowest BCUT2D eigenvalue weighted by Crippen LogP contribution is -2.53. The lowest BCUT2D eigenvalue weighted by atomic mass is 10.0. The molecule has 0 fully saturated rings. The van der Waals surface area contributed by atoms with E-state index in [0.29, 0.717) is 26.1 Å². The normalized spacial score (nSPS) is 18.0. The summed E-state index contributed by atoms with van der Waals surface area (Å²) in [6.07, 6.45) is 7.13. The molecule has 2 amide bonds. The predicted octanol–water partition coefficient (Wildman–Crippen LogP) is 1.27. The monoisotopic (exact) mass is 450 g/mol. The number of nitrogens with one attached hydrogen (secondary N) is 3. The van der Waals surface area contributed by atoms with Crippen molar-refractivity contribution in [3.8, 4) is 11.8 Å². The van der Waals surface area contributed by atoms with Gasteiger partial charge in [-0.25, -0.2) is 0 Å². The Bertz CT molecular complexity index is 642. The van der Waals surface area contributed by atoms with E-state index < -0.39 is 12.1 Å². The fourth-order valence-electron chi connectivity index (χ4n) is 3.52. The molecule has 1 unspecified atom stereocenters. The van der Waals surface area contributed by atoms with E-state index >= 15 is 0 Å². The Balaban J connectivity index is 2.37. The maximum Gasteiger partial charge on any atom is 0.246 e. The van der Waals surface area contributed by atoms with Crippen molar-refractivity contribution in [2.45, 2.75) is 90.3 Å². The molecule has 8 heteroatoms. The van der Waals surface area contributed by atoms with Crippen LogP contribution in [0, 0.1) is 17.8 Å². The first-order valence-corrected chi connectivity index (χ1v) is 12.0. The molecule has 0 aromatic rings. The second-order valence-corrected chi connectivity index (χ2v) is 8.70. The minimum atomic E-state index is -0.495. The van der Waals surface area contributed by atoms with E-state index in [1.54, 1.807) is 0 Å². The molecule has 0 aromatic carbocycles. The molecule has 5 N–H and O–H groups in total. The first-order chi connectivity index (χ1) is 15.3. The maximum atomic E-state index is 12.7. The summed E-state index contributed by atoms with van der Waals surface area (Å²) in [7, 11) is 0. The number of ether oxygens (including phenoxy) is 1. The van der Waals surface area contributed by atoms with Crippen LogP contribution in [0.1, 0.15) is 72.1 Å². The van der Waals surface area contributed by atoms with Crippen molar-refractivity contribution < 1.29 is 19.1 Å². The van der Waals surface area contributed by atoms with Crippen molar-refractivity contribution in [3.05, 3.63) is 0 Å². The van der Waals surface area contributed by atoms with Gasteiger partial charge in [-0.1, -0.05) is 26.2 Å². The van der Waals surface area contributed by atoms with Crippen molar-refractivity contribution >= 4 is 17.6 Å². The highest BCUT2D eigenvalue weighted by Gasteiger charge is 2.25. The van der Waals surface area contributed by atoms with Crippen molar-refractivity contribution in [3.63, 3.8) is 0 Å². The third-order valence-corrected chi connectivity index (χ3v) is 5.46. The van der Waals surface area contributed by atoms with Crippen LogP contribution < -0.4 is 21.7 Å². The van der Waals surface area contributed by atoms with Crippen LogP contribution in [0.4, 0.5) is 0 Å². The van der Waals surface area contributed by atoms with Gasteiger partial charge in [-0.3, -0.25) is 14.4 Å². The van der Waals surface area contributed by atoms with Gasteiger partial charge in [0.25, 0.3) is 0 Å². The van der Waals surface area contributed by atoms with E-state index in [0.717, 1.165) is 44.9 Å². The highest BCUT2D eigenvalue weighted by molar-refractivity contribution is 5.89. The number of rotatable bonds is 15. The van der Waals surface area contributed by atoms with E-state index in [2.05, 4.69) is 27.8 Å². The van der Waals surface area contributed by atoms with Gasteiger partial charge in [-0.15, -0.1) is 5.92 Å². The number of ketones is 1. The molecule has 3 atom stereocenters. The molecule has 0 aliphatic heterocycles. The fraction of sp³-hybridized carbons (Fsp3) is 0.792. The standard InChI is InChI=1S/C24H42N4O4/c1-18(2)23(24(31)28-21(19(3)29)13-9-10-14-25)27-16-15-26-22(30)17-32-20-11-7-5-4-6-8-12-20/h18,20-21,23,27H,4-7,9-11,13-17,25H2,1-3H3,(H,26,30)(H,28,31)/t20?,21-,23-/m0/s1. The maximum absolute atomic E-state index is 12.7. The number of nitrogens with two attached hydrogens (primary N) is 1. The second kappa shape index (κ2) is 16.7. The van der Waals surface area contributed by atoms with Crippen LogP contribution in [0.5, 0.6) is 0 Å². The van der Waals surface area contributed by atoms with Gasteiger partial charge in [0, 0.05) is 19.5 Å². The number of unbranched alkanes of at least 4 members (excludes halogenated alkanes) is 1. The third kappa shape index (κ3) is 12.2. The average molecular weight is 451 g/mol. The Morgan fingerprint density at radius 1 is 1.12 bits per heavy atom. The average Bonchev–Trinajstić information content (AvgIpc) is 2.71. The summed E-state index contributed by atoms with van der Waals surface area (Å²) >= 11 is 0. The number of hydrogen-bond donors (Lipinski definition) is 4. The molecule has 182 valence electrons. The largest absolute Gasteiger partial charge is 0.356 e. The van der Waals surface area contributed by atoms with Crippen molar-refractivity contribution in [2.75, 3.05) is 26.2 Å². The minimum absolute atomic E-state index is 0.0173. The first-order valence-electron chi connectivity index (χ1n) is 12.0. The van der Waals surface area contributed by atoms with E-state index in [1.807, 2.05) is 13.8 Å².